The second-order valence-corrected chi connectivity index (χ2v) is 5.65. The van der Waals surface area contributed by atoms with E-state index in [0.717, 1.165) is 17.1 Å². The molecule has 0 atom stereocenters. The number of hydrogen-bond donors (Lipinski definition) is 0. The molecule has 0 bridgehead atoms. The highest BCUT2D eigenvalue weighted by Crippen LogP contribution is 2.22. The molecule has 102 valence electrons. The van der Waals surface area contributed by atoms with Gasteiger partial charge in [-0.25, -0.2) is 9.98 Å². The first-order valence-electron chi connectivity index (χ1n) is 6.80. The van der Waals surface area contributed by atoms with Crippen LogP contribution >= 0.6 is 11.3 Å². The van der Waals surface area contributed by atoms with Crippen LogP contribution in [0.1, 0.15) is 42.2 Å². The van der Waals surface area contributed by atoms with E-state index in [4.69, 9.17) is 5.26 Å². The minimum Gasteiger partial charge on any atom is -0.227 e. The number of aromatic nitrogens is 1. The Labute approximate surface area is 123 Å². The van der Waals surface area contributed by atoms with E-state index in [0.29, 0.717) is 5.56 Å². The molecule has 0 aliphatic carbocycles. The van der Waals surface area contributed by atoms with Crippen molar-refractivity contribution in [1.82, 2.24) is 4.98 Å². The summed E-state index contributed by atoms with van der Waals surface area (Å²) >= 11 is 1.65. The lowest BCUT2D eigenvalue weighted by molar-refractivity contribution is 0.722. The van der Waals surface area contributed by atoms with Crippen molar-refractivity contribution in [2.24, 2.45) is 4.99 Å². The van der Waals surface area contributed by atoms with Crippen molar-refractivity contribution < 1.29 is 0 Å². The molecule has 2 rings (SSSR count). The molecule has 0 amide bonds. The lowest BCUT2D eigenvalue weighted by Gasteiger charge is -1.93. The fourth-order valence-corrected chi connectivity index (χ4v) is 2.59. The maximum absolute atomic E-state index is 8.74. The molecule has 0 saturated carbocycles. The van der Waals surface area contributed by atoms with Crippen molar-refractivity contribution in [2.45, 2.75) is 32.6 Å². The van der Waals surface area contributed by atoms with Gasteiger partial charge in [-0.15, -0.1) is 0 Å². The third-order valence-electron chi connectivity index (χ3n) is 2.93. The molecule has 0 spiro atoms. The third kappa shape index (κ3) is 4.29. The van der Waals surface area contributed by atoms with E-state index in [9.17, 15) is 0 Å². The molecule has 20 heavy (non-hydrogen) atoms. The summed E-state index contributed by atoms with van der Waals surface area (Å²) in [5.41, 5.74) is 1.64. The fourth-order valence-electron chi connectivity index (χ4n) is 1.80. The molecule has 1 aromatic carbocycles. The molecule has 1 heterocycles. The first-order valence-corrected chi connectivity index (χ1v) is 7.62. The zero-order chi connectivity index (χ0) is 14.2. The molecule has 0 fully saturated rings. The molecule has 2 aromatic rings. The highest BCUT2D eigenvalue weighted by molar-refractivity contribution is 7.15. The van der Waals surface area contributed by atoms with Crippen molar-refractivity contribution >= 4 is 22.7 Å². The van der Waals surface area contributed by atoms with Gasteiger partial charge in [0.25, 0.3) is 0 Å². The van der Waals surface area contributed by atoms with Gasteiger partial charge in [-0.2, -0.15) is 5.26 Å². The minimum absolute atomic E-state index is 0.662. The van der Waals surface area contributed by atoms with Gasteiger partial charge in [0.15, 0.2) is 0 Å². The van der Waals surface area contributed by atoms with E-state index < -0.39 is 0 Å². The van der Waals surface area contributed by atoms with Gasteiger partial charge in [0.2, 0.25) is 5.13 Å². The van der Waals surface area contributed by atoms with Gasteiger partial charge < -0.3 is 0 Å². The number of unbranched alkanes of at least 4 members (excludes halogenated alkanes) is 2. The number of aryl methyl sites for hydroxylation is 1. The van der Waals surface area contributed by atoms with Gasteiger partial charge in [0.1, 0.15) is 0 Å². The Hall–Kier alpha value is -1.99. The standard InChI is InChI=1S/C16H17N3S/c1-2-3-4-5-15-12-19-16(20-15)18-11-14-8-6-13(10-17)7-9-14/h6-9,11-12H,2-5H2,1H3/b18-11+. The normalized spacial score (nSPS) is 10.8. The van der Waals surface area contributed by atoms with Crippen molar-refractivity contribution in [3.8, 4) is 6.07 Å². The molecule has 0 radical (unpaired) electrons. The fraction of sp³-hybridized carbons (Fsp3) is 0.312. The summed E-state index contributed by atoms with van der Waals surface area (Å²) < 4.78 is 0. The summed E-state index contributed by atoms with van der Waals surface area (Å²) in [5.74, 6) is 0. The monoisotopic (exact) mass is 283 g/mol. The predicted octanol–water partition coefficient (Wildman–Crippen LogP) is 4.50. The van der Waals surface area contributed by atoms with Crippen molar-refractivity contribution in [1.29, 1.82) is 5.26 Å². The number of rotatable bonds is 6. The van der Waals surface area contributed by atoms with E-state index in [1.54, 1.807) is 29.7 Å². The van der Waals surface area contributed by atoms with Crippen LogP contribution in [0.5, 0.6) is 0 Å². The highest BCUT2D eigenvalue weighted by Gasteiger charge is 2.00. The second kappa shape index (κ2) is 7.56. The first kappa shape index (κ1) is 14.4. The topological polar surface area (TPSA) is 49.0 Å². The molecule has 4 heteroatoms. The molecule has 0 unspecified atom stereocenters. The molecule has 0 aliphatic rings. The average Bonchev–Trinajstić information content (AvgIpc) is 2.94. The molecular formula is C16H17N3S. The summed E-state index contributed by atoms with van der Waals surface area (Å²) in [6, 6.07) is 9.46. The molecule has 0 saturated heterocycles. The Bertz CT molecular complexity index is 605. The Morgan fingerprint density at radius 2 is 2.10 bits per heavy atom. The van der Waals surface area contributed by atoms with E-state index in [-0.39, 0.29) is 0 Å². The molecular weight excluding hydrogens is 266 g/mol. The number of nitriles is 1. The zero-order valence-corrected chi connectivity index (χ0v) is 12.4. The predicted molar refractivity (Wildman–Crippen MR) is 83.8 cm³/mol. The summed E-state index contributed by atoms with van der Waals surface area (Å²) in [7, 11) is 0. The number of hydrogen-bond acceptors (Lipinski definition) is 4. The Morgan fingerprint density at radius 1 is 1.30 bits per heavy atom. The van der Waals surface area contributed by atoms with Crippen LogP contribution in [0.25, 0.3) is 0 Å². The van der Waals surface area contributed by atoms with E-state index >= 15 is 0 Å². The highest BCUT2D eigenvalue weighted by atomic mass is 32.1. The second-order valence-electron chi connectivity index (χ2n) is 4.56. The zero-order valence-electron chi connectivity index (χ0n) is 11.5. The van der Waals surface area contributed by atoms with Crippen LogP contribution in [0.15, 0.2) is 35.5 Å². The third-order valence-corrected chi connectivity index (χ3v) is 3.90. The Kier molecular flexibility index (Phi) is 5.45. The average molecular weight is 283 g/mol. The summed E-state index contributed by atoms with van der Waals surface area (Å²) in [6.07, 6.45) is 8.53. The van der Waals surface area contributed by atoms with E-state index in [1.165, 1.54) is 24.1 Å². The Balaban J connectivity index is 1.95. The van der Waals surface area contributed by atoms with Gasteiger partial charge in [-0.3, -0.25) is 0 Å². The number of nitrogens with zero attached hydrogens (tertiary/aromatic N) is 3. The van der Waals surface area contributed by atoms with Gasteiger partial charge in [-0.1, -0.05) is 43.2 Å². The van der Waals surface area contributed by atoms with Crippen molar-refractivity contribution in [2.75, 3.05) is 0 Å². The molecule has 0 aliphatic heterocycles. The largest absolute Gasteiger partial charge is 0.227 e. The van der Waals surface area contributed by atoms with Crippen LogP contribution in [-0.4, -0.2) is 11.2 Å². The maximum atomic E-state index is 8.74. The van der Waals surface area contributed by atoms with Crippen LogP contribution in [0.4, 0.5) is 5.13 Å². The number of thiazole rings is 1. The lowest BCUT2D eigenvalue weighted by Crippen LogP contribution is -1.80. The SMILES string of the molecule is CCCCCc1cnc(/N=C/c2ccc(C#N)cc2)s1. The van der Waals surface area contributed by atoms with E-state index in [1.807, 2.05) is 18.3 Å². The molecule has 0 N–H and O–H groups in total. The number of aliphatic imine (C=N–C) groups is 1. The minimum atomic E-state index is 0.662. The first-order chi connectivity index (χ1) is 9.81. The molecule has 1 aromatic heterocycles. The van der Waals surface area contributed by atoms with Crippen LogP contribution in [0, 0.1) is 11.3 Å². The van der Waals surface area contributed by atoms with Gasteiger partial charge in [-0.05, 0) is 30.5 Å². The lowest BCUT2D eigenvalue weighted by atomic mass is 10.2. The summed E-state index contributed by atoms with van der Waals surface area (Å²) in [5, 5.41) is 9.53. The van der Waals surface area contributed by atoms with Crippen molar-refractivity contribution in [3.05, 3.63) is 46.5 Å². The summed E-state index contributed by atoms with van der Waals surface area (Å²) in [4.78, 5) is 9.99. The summed E-state index contributed by atoms with van der Waals surface area (Å²) in [6.45, 7) is 2.21. The van der Waals surface area contributed by atoms with Crippen molar-refractivity contribution in [3.63, 3.8) is 0 Å². The van der Waals surface area contributed by atoms with Gasteiger partial charge in [0.05, 0.1) is 11.6 Å². The van der Waals surface area contributed by atoms with Crippen LogP contribution in [0.3, 0.4) is 0 Å². The van der Waals surface area contributed by atoms with Gasteiger partial charge in [0, 0.05) is 17.3 Å². The Morgan fingerprint density at radius 3 is 2.80 bits per heavy atom. The smallest absolute Gasteiger partial charge is 0.209 e. The van der Waals surface area contributed by atoms with Crippen LogP contribution in [-0.2, 0) is 6.42 Å². The van der Waals surface area contributed by atoms with Gasteiger partial charge >= 0.3 is 0 Å². The van der Waals surface area contributed by atoms with E-state index in [2.05, 4.69) is 23.0 Å². The van der Waals surface area contributed by atoms with Crippen LogP contribution in [0.2, 0.25) is 0 Å². The number of benzene rings is 1. The maximum Gasteiger partial charge on any atom is 0.209 e. The van der Waals surface area contributed by atoms with Crippen LogP contribution < -0.4 is 0 Å². The quantitative estimate of drug-likeness (QED) is 0.579. The molecule has 3 nitrogen and oxygen atoms in total.